The highest BCUT2D eigenvalue weighted by Gasteiger charge is 2.44. The summed E-state index contributed by atoms with van der Waals surface area (Å²) < 4.78 is 66.1. The average molecular weight is 664 g/mol. The Morgan fingerprint density at radius 2 is 1.83 bits per heavy atom. The number of aromatic nitrogens is 1. The smallest absolute Gasteiger partial charge is 0.243 e. The molecule has 3 N–H and O–H groups in total. The Bertz CT molecular complexity index is 1570. The quantitative estimate of drug-likeness (QED) is 0.298. The van der Waals surface area contributed by atoms with Crippen LogP contribution in [0.5, 0.6) is 5.75 Å². The van der Waals surface area contributed by atoms with Crippen molar-refractivity contribution in [3.63, 3.8) is 0 Å². The van der Waals surface area contributed by atoms with Crippen LogP contribution >= 0.6 is 24.8 Å². The molecule has 1 unspecified atom stereocenters. The largest absolute Gasteiger partial charge is 0.491 e. The highest BCUT2D eigenvalue weighted by Crippen LogP contribution is 2.37. The zero-order valence-corrected chi connectivity index (χ0v) is 26.3. The molecule has 15 heteroatoms. The zero-order valence-electron chi connectivity index (χ0n) is 23.0. The molecule has 0 saturated carbocycles. The van der Waals surface area contributed by atoms with Gasteiger partial charge in [0.05, 0.1) is 27.5 Å². The van der Waals surface area contributed by atoms with Crippen LogP contribution in [0.1, 0.15) is 19.3 Å². The van der Waals surface area contributed by atoms with E-state index in [4.69, 9.17) is 9.47 Å². The third kappa shape index (κ3) is 7.71. The van der Waals surface area contributed by atoms with Gasteiger partial charge in [-0.25, -0.2) is 21.6 Å². The zero-order chi connectivity index (χ0) is 28.4. The molecule has 0 bridgehead atoms. The maximum atomic E-state index is 13.3. The molecular formula is C27H36Cl2N4O7S2. The van der Waals surface area contributed by atoms with E-state index >= 15 is 0 Å². The first-order valence-electron chi connectivity index (χ1n) is 13.2. The Morgan fingerprint density at radius 1 is 1.07 bits per heavy atom. The molecule has 2 saturated heterocycles. The Labute approximate surface area is 258 Å². The maximum Gasteiger partial charge on any atom is 0.243 e. The van der Waals surface area contributed by atoms with Crippen LogP contribution in [0.4, 0.5) is 0 Å². The fraction of sp³-hybridized carbons (Fsp3) is 0.444. The Hall–Kier alpha value is -2.07. The van der Waals surface area contributed by atoms with E-state index in [0.717, 1.165) is 17.3 Å². The molecule has 0 radical (unpaired) electrons. The predicted molar refractivity (Wildman–Crippen MR) is 164 cm³/mol. The number of aliphatic hydroxyl groups excluding tert-OH is 1. The number of halogens is 2. The standard InChI is InChI=1S/C27H34N4O7S2.2ClH/c1-28-39(33,34)24-6-2-5-23(15-24)37-19-22(32)17-30-21-16-27(38-18-21)9-12-31(13-10-27)40(35,36)25-7-8-26-20(14-25)4-3-11-29-26;;/h2-8,11,14-15,21-22,28,30,32H,9-10,12-13,16-19H2,1H3;2*1H/t21-,22?;;/m1../s1. The predicted octanol–water partition coefficient (Wildman–Crippen LogP) is 2.33. The lowest BCUT2D eigenvalue weighted by molar-refractivity contribution is -0.0312. The number of nitrogens with one attached hydrogen (secondary N) is 2. The minimum absolute atomic E-state index is 0. The second-order valence-electron chi connectivity index (χ2n) is 10.2. The molecule has 232 valence electrons. The Kier molecular flexibility index (Phi) is 11.6. The molecule has 2 aromatic carbocycles. The summed E-state index contributed by atoms with van der Waals surface area (Å²) in [6, 6.07) is 14.8. The summed E-state index contributed by atoms with van der Waals surface area (Å²) in [5.74, 6) is 0.348. The van der Waals surface area contributed by atoms with Crippen molar-refractivity contribution in [2.75, 3.05) is 39.9 Å². The summed E-state index contributed by atoms with van der Waals surface area (Å²) in [6.45, 7) is 1.49. The van der Waals surface area contributed by atoms with Crippen molar-refractivity contribution >= 4 is 55.8 Å². The first-order valence-corrected chi connectivity index (χ1v) is 16.1. The number of pyridine rings is 1. The number of rotatable bonds is 10. The minimum Gasteiger partial charge on any atom is -0.491 e. The number of benzene rings is 2. The molecular weight excluding hydrogens is 627 g/mol. The van der Waals surface area contributed by atoms with Gasteiger partial charge in [-0.15, -0.1) is 24.8 Å². The van der Waals surface area contributed by atoms with E-state index in [-0.39, 0.29) is 53.8 Å². The second kappa shape index (κ2) is 14.1. The van der Waals surface area contributed by atoms with Crippen LogP contribution in [0.25, 0.3) is 10.9 Å². The molecule has 5 rings (SSSR count). The summed E-state index contributed by atoms with van der Waals surface area (Å²) in [7, 11) is -5.87. The molecule has 0 aliphatic carbocycles. The molecule has 11 nitrogen and oxygen atoms in total. The second-order valence-corrected chi connectivity index (χ2v) is 14.0. The minimum atomic E-state index is -3.63. The number of aliphatic hydroxyl groups is 1. The molecule has 2 aliphatic heterocycles. The number of nitrogens with zero attached hydrogens (tertiary/aromatic N) is 2. The van der Waals surface area contributed by atoms with Crippen molar-refractivity contribution < 1.29 is 31.4 Å². The lowest BCUT2D eigenvalue weighted by atomic mass is 9.88. The molecule has 3 heterocycles. The van der Waals surface area contributed by atoms with Gasteiger partial charge < -0.3 is 19.9 Å². The van der Waals surface area contributed by atoms with Crippen LogP contribution in [-0.2, 0) is 24.8 Å². The number of piperidine rings is 1. The summed E-state index contributed by atoms with van der Waals surface area (Å²) >= 11 is 0. The highest BCUT2D eigenvalue weighted by molar-refractivity contribution is 7.89. The van der Waals surface area contributed by atoms with Crippen molar-refractivity contribution in [1.82, 2.24) is 19.3 Å². The number of hydrogen-bond acceptors (Lipinski definition) is 9. The maximum absolute atomic E-state index is 13.3. The van der Waals surface area contributed by atoms with Crippen molar-refractivity contribution in [2.24, 2.45) is 0 Å². The highest BCUT2D eigenvalue weighted by atomic mass is 35.5. The van der Waals surface area contributed by atoms with Crippen LogP contribution in [0, 0.1) is 0 Å². The SMILES string of the molecule is CNS(=O)(=O)c1cccc(OCC(O)CN[C@H]2COC3(CCN(S(=O)(=O)c4ccc5ncccc5c4)CC3)C2)c1.Cl.Cl. The number of sulfonamides is 2. The molecule has 1 spiro atoms. The van der Waals surface area contributed by atoms with E-state index < -0.39 is 31.8 Å². The van der Waals surface area contributed by atoms with Gasteiger partial charge in [-0.3, -0.25) is 4.98 Å². The van der Waals surface area contributed by atoms with Gasteiger partial charge in [0.25, 0.3) is 0 Å². The van der Waals surface area contributed by atoms with Crippen molar-refractivity contribution in [3.05, 3.63) is 60.8 Å². The van der Waals surface area contributed by atoms with Gasteiger partial charge >= 0.3 is 0 Å². The van der Waals surface area contributed by atoms with Gasteiger partial charge in [-0.1, -0.05) is 12.1 Å². The van der Waals surface area contributed by atoms with Crippen LogP contribution in [0.15, 0.2) is 70.6 Å². The fourth-order valence-electron chi connectivity index (χ4n) is 5.22. The van der Waals surface area contributed by atoms with Gasteiger partial charge in [0.1, 0.15) is 18.5 Å². The van der Waals surface area contributed by atoms with E-state index in [1.807, 2.05) is 6.07 Å². The third-order valence-electron chi connectivity index (χ3n) is 7.52. The van der Waals surface area contributed by atoms with Gasteiger partial charge in [-0.05, 0) is 62.7 Å². The summed E-state index contributed by atoms with van der Waals surface area (Å²) in [4.78, 5) is 4.61. The van der Waals surface area contributed by atoms with Crippen LogP contribution in [0.2, 0.25) is 0 Å². The molecule has 3 aromatic rings. The first kappa shape index (κ1) is 34.4. The Balaban J connectivity index is 0.00000242. The first-order chi connectivity index (χ1) is 19.1. The topological polar surface area (TPSA) is 147 Å². The van der Waals surface area contributed by atoms with E-state index in [1.165, 1.54) is 23.5 Å². The van der Waals surface area contributed by atoms with E-state index in [0.29, 0.717) is 38.3 Å². The van der Waals surface area contributed by atoms with Crippen LogP contribution in [0.3, 0.4) is 0 Å². The van der Waals surface area contributed by atoms with E-state index in [2.05, 4.69) is 15.0 Å². The van der Waals surface area contributed by atoms with Crippen molar-refractivity contribution in [3.8, 4) is 5.75 Å². The third-order valence-corrected chi connectivity index (χ3v) is 10.8. The van der Waals surface area contributed by atoms with Gasteiger partial charge in [0.2, 0.25) is 20.0 Å². The van der Waals surface area contributed by atoms with Gasteiger partial charge in [0, 0.05) is 43.3 Å². The molecule has 1 aromatic heterocycles. The summed E-state index contributed by atoms with van der Waals surface area (Å²) in [6.07, 6.45) is 2.78. The van der Waals surface area contributed by atoms with Gasteiger partial charge in [-0.2, -0.15) is 4.31 Å². The Morgan fingerprint density at radius 3 is 2.57 bits per heavy atom. The lowest BCUT2D eigenvalue weighted by Gasteiger charge is -2.38. The van der Waals surface area contributed by atoms with Crippen molar-refractivity contribution in [1.29, 1.82) is 0 Å². The monoisotopic (exact) mass is 662 g/mol. The van der Waals surface area contributed by atoms with Gasteiger partial charge in [0.15, 0.2) is 0 Å². The number of ether oxygens (including phenoxy) is 2. The van der Waals surface area contributed by atoms with E-state index in [9.17, 15) is 21.9 Å². The average Bonchev–Trinajstić information content (AvgIpc) is 3.37. The molecule has 0 amide bonds. The molecule has 2 aliphatic rings. The number of hydrogen-bond donors (Lipinski definition) is 3. The lowest BCUT2D eigenvalue weighted by Crippen LogP contribution is -2.47. The van der Waals surface area contributed by atoms with Crippen LogP contribution < -0.4 is 14.8 Å². The van der Waals surface area contributed by atoms with Crippen LogP contribution in [-0.4, -0.2) is 88.9 Å². The normalized spacial score (nSPS) is 19.6. The fourth-order valence-corrected chi connectivity index (χ4v) is 7.47. The summed E-state index contributed by atoms with van der Waals surface area (Å²) in [5.41, 5.74) is 0.361. The van der Waals surface area contributed by atoms with E-state index in [1.54, 1.807) is 42.6 Å². The molecule has 42 heavy (non-hydrogen) atoms. The number of fused-ring (bicyclic) bond motifs is 1. The van der Waals surface area contributed by atoms with Crippen molar-refractivity contribution in [2.45, 2.75) is 46.8 Å². The molecule has 2 fully saturated rings. The molecule has 2 atom stereocenters. The summed E-state index contributed by atoms with van der Waals surface area (Å²) in [5, 5.41) is 14.5.